The van der Waals surface area contributed by atoms with E-state index in [1.165, 1.54) is 12.1 Å². The van der Waals surface area contributed by atoms with E-state index in [4.69, 9.17) is 0 Å². The second-order valence-corrected chi connectivity index (χ2v) is 7.82. The Morgan fingerprint density at radius 2 is 1.78 bits per heavy atom. The number of H-pyrrole nitrogens is 1. The van der Waals surface area contributed by atoms with E-state index in [1.54, 1.807) is 12.2 Å². The van der Waals surface area contributed by atoms with Gasteiger partial charge in [0.25, 0.3) is 0 Å². The highest BCUT2D eigenvalue weighted by Crippen LogP contribution is 2.29. The van der Waals surface area contributed by atoms with E-state index >= 15 is 0 Å². The number of aryl methyl sites for hydroxylation is 1. The van der Waals surface area contributed by atoms with E-state index in [2.05, 4.69) is 47.7 Å². The van der Waals surface area contributed by atoms with Crippen LogP contribution in [0, 0.1) is 6.92 Å². The first-order valence-corrected chi connectivity index (χ1v) is 10.3. The lowest BCUT2D eigenvalue weighted by atomic mass is 10.1. The van der Waals surface area contributed by atoms with Gasteiger partial charge in [-0.15, -0.1) is 0 Å². The maximum atomic E-state index is 12.8. The van der Waals surface area contributed by atoms with Crippen LogP contribution < -0.4 is 10.6 Å². The molecule has 1 unspecified atom stereocenters. The molecule has 2 aliphatic heterocycles. The van der Waals surface area contributed by atoms with Gasteiger partial charge in [-0.05, 0) is 37.7 Å². The lowest BCUT2D eigenvalue weighted by Crippen LogP contribution is -2.51. The van der Waals surface area contributed by atoms with E-state index in [-0.39, 0.29) is 0 Å². The lowest BCUT2D eigenvalue weighted by molar-refractivity contribution is -0.137. The Morgan fingerprint density at radius 1 is 1.06 bits per heavy atom. The molecule has 8 nitrogen and oxygen atoms in total. The molecule has 11 heteroatoms. The quantitative estimate of drug-likeness (QED) is 0.673. The summed E-state index contributed by atoms with van der Waals surface area (Å²) in [5.74, 6) is 1.68. The Balaban J connectivity index is 1.52. The van der Waals surface area contributed by atoms with E-state index < -0.39 is 18.0 Å². The number of guanidine groups is 1. The van der Waals surface area contributed by atoms with Gasteiger partial charge in [0.2, 0.25) is 12.2 Å². The zero-order valence-corrected chi connectivity index (χ0v) is 17.8. The highest BCUT2D eigenvalue weighted by atomic mass is 19.4. The molecule has 3 heterocycles. The third-order valence-corrected chi connectivity index (χ3v) is 5.23. The van der Waals surface area contributed by atoms with Crippen LogP contribution >= 0.6 is 0 Å². The van der Waals surface area contributed by atoms with Crippen LogP contribution in [0.25, 0.3) is 6.08 Å². The van der Waals surface area contributed by atoms with E-state index in [0.717, 1.165) is 44.0 Å². The van der Waals surface area contributed by atoms with Crippen molar-refractivity contribution in [1.29, 1.82) is 0 Å². The number of aromatic nitrogens is 2. The topological polar surface area (TPSA) is 83.9 Å². The second-order valence-electron chi connectivity index (χ2n) is 7.82. The number of aliphatic imine (C=N–C) groups is 2. The number of halogens is 3. The van der Waals surface area contributed by atoms with Crippen molar-refractivity contribution in [1.82, 2.24) is 25.3 Å². The molecule has 0 radical (unpaired) electrons. The van der Waals surface area contributed by atoms with E-state index in [0.29, 0.717) is 23.2 Å². The van der Waals surface area contributed by atoms with E-state index in [1.807, 2.05) is 13.0 Å². The molecule has 2 aliphatic rings. The summed E-state index contributed by atoms with van der Waals surface area (Å²) >= 11 is 0. The number of rotatable bonds is 4. The number of amidine groups is 1. The molecule has 32 heavy (non-hydrogen) atoms. The SMILES string of the molecule is Cc1cc(NC2=NC(N3CCN(C)CC3)N=C(/C=C/c3ccc(C(F)(F)F)cc3)N2)n[nH]1. The minimum atomic E-state index is -4.35. The maximum absolute atomic E-state index is 12.8. The number of anilines is 1. The fourth-order valence-corrected chi connectivity index (χ4v) is 3.38. The van der Waals surface area contributed by atoms with Gasteiger partial charge in [-0.3, -0.25) is 10.00 Å². The predicted octanol–water partition coefficient (Wildman–Crippen LogP) is 2.75. The van der Waals surface area contributed by atoms with Crippen molar-refractivity contribution in [3.63, 3.8) is 0 Å². The molecule has 1 aromatic heterocycles. The van der Waals surface area contributed by atoms with Crippen molar-refractivity contribution in [3.8, 4) is 0 Å². The summed E-state index contributed by atoms with van der Waals surface area (Å²) in [4.78, 5) is 13.8. The number of piperazine rings is 1. The zero-order valence-electron chi connectivity index (χ0n) is 17.8. The number of benzene rings is 1. The molecule has 0 bridgehead atoms. The van der Waals surface area contributed by atoms with Crippen LogP contribution in [0.3, 0.4) is 0 Å². The minimum Gasteiger partial charge on any atom is -0.311 e. The number of nitrogens with one attached hydrogen (secondary N) is 3. The van der Waals surface area contributed by atoms with Crippen LogP contribution in [-0.4, -0.2) is 71.3 Å². The molecule has 2 aromatic rings. The molecule has 4 rings (SSSR count). The predicted molar refractivity (Wildman–Crippen MR) is 118 cm³/mol. The summed E-state index contributed by atoms with van der Waals surface area (Å²) in [5.41, 5.74) is 0.875. The monoisotopic (exact) mass is 446 g/mol. The normalized spacial score (nSPS) is 20.7. The number of nitrogens with zero attached hydrogens (tertiary/aromatic N) is 5. The number of hydrogen-bond donors (Lipinski definition) is 3. The third-order valence-electron chi connectivity index (χ3n) is 5.23. The largest absolute Gasteiger partial charge is 0.416 e. The van der Waals surface area contributed by atoms with Crippen LogP contribution in [0.5, 0.6) is 0 Å². The van der Waals surface area contributed by atoms with E-state index in [9.17, 15) is 13.2 Å². The van der Waals surface area contributed by atoms with Crippen molar-refractivity contribution in [3.05, 3.63) is 53.2 Å². The van der Waals surface area contributed by atoms with Crippen LogP contribution in [0.4, 0.5) is 19.0 Å². The van der Waals surface area contributed by atoms with Crippen molar-refractivity contribution < 1.29 is 13.2 Å². The molecule has 170 valence electrons. The molecule has 1 fully saturated rings. The lowest BCUT2D eigenvalue weighted by Gasteiger charge is -2.35. The fourth-order valence-electron chi connectivity index (χ4n) is 3.38. The smallest absolute Gasteiger partial charge is 0.311 e. The first-order chi connectivity index (χ1) is 15.3. The van der Waals surface area contributed by atoms with Gasteiger partial charge in [-0.25, -0.2) is 9.98 Å². The summed E-state index contributed by atoms with van der Waals surface area (Å²) < 4.78 is 38.3. The highest BCUT2D eigenvalue weighted by Gasteiger charge is 2.30. The molecule has 0 spiro atoms. The molecular formula is C21H25F3N8. The van der Waals surface area contributed by atoms with Crippen molar-refractivity contribution in [2.45, 2.75) is 19.4 Å². The third kappa shape index (κ3) is 5.54. The maximum Gasteiger partial charge on any atom is 0.416 e. The Labute approximate surface area is 183 Å². The average Bonchev–Trinajstić information content (AvgIpc) is 3.17. The van der Waals surface area contributed by atoms with Crippen LogP contribution in [0.15, 0.2) is 46.4 Å². The summed E-state index contributed by atoms with van der Waals surface area (Å²) in [5, 5.41) is 13.3. The summed E-state index contributed by atoms with van der Waals surface area (Å²) in [6, 6.07) is 6.85. The first kappa shape index (κ1) is 22.0. The molecule has 1 saturated heterocycles. The molecule has 0 saturated carbocycles. The second kappa shape index (κ2) is 9.13. The Kier molecular flexibility index (Phi) is 6.28. The fraction of sp³-hybridized carbons (Fsp3) is 0.381. The van der Waals surface area contributed by atoms with Crippen molar-refractivity contribution in [2.75, 3.05) is 38.5 Å². The first-order valence-electron chi connectivity index (χ1n) is 10.3. The van der Waals surface area contributed by atoms with Gasteiger partial charge in [0.1, 0.15) is 5.84 Å². The standard InChI is InChI=1S/C21H25F3N8/c1-14-13-18(30-29-14)26-19-25-17(27-20(28-19)32-11-9-31(2)10-12-32)8-5-15-3-6-16(7-4-15)21(22,23)24/h3-8,13,20H,9-12H2,1-2H3,(H3,25,26,27,28,29,30)/b8-5+. The summed E-state index contributed by atoms with van der Waals surface area (Å²) in [6.07, 6.45) is -1.30. The molecule has 0 amide bonds. The van der Waals surface area contributed by atoms with Crippen molar-refractivity contribution >= 4 is 23.7 Å². The minimum absolute atomic E-state index is 0.403. The molecular weight excluding hydrogens is 421 g/mol. The number of hydrogen-bond acceptors (Lipinski definition) is 7. The van der Waals surface area contributed by atoms with Gasteiger partial charge < -0.3 is 15.5 Å². The van der Waals surface area contributed by atoms with Gasteiger partial charge in [-0.1, -0.05) is 18.2 Å². The summed E-state index contributed by atoms with van der Waals surface area (Å²) in [7, 11) is 2.08. The highest BCUT2D eigenvalue weighted by molar-refractivity contribution is 6.11. The van der Waals surface area contributed by atoms with Gasteiger partial charge in [0, 0.05) is 37.9 Å². The Morgan fingerprint density at radius 3 is 2.41 bits per heavy atom. The summed E-state index contributed by atoms with van der Waals surface area (Å²) in [6.45, 7) is 5.42. The van der Waals surface area contributed by atoms with Gasteiger partial charge >= 0.3 is 6.18 Å². The number of likely N-dealkylation sites (N-methyl/N-ethyl adjacent to an activating group) is 1. The Bertz CT molecular complexity index is 1010. The number of alkyl halides is 3. The molecule has 3 N–H and O–H groups in total. The average molecular weight is 446 g/mol. The zero-order chi connectivity index (χ0) is 22.7. The van der Waals surface area contributed by atoms with Crippen LogP contribution in [-0.2, 0) is 6.18 Å². The van der Waals surface area contributed by atoms with Crippen LogP contribution in [0.2, 0.25) is 0 Å². The Hall–Kier alpha value is -3.18. The van der Waals surface area contributed by atoms with Gasteiger partial charge in [0.15, 0.2) is 5.82 Å². The number of aromatic amines is 1. The molecule has 1 atom stereocenters. The van der Waals surface area contributed by atoms with Crippen LogP contribution in [0.1, 0.15) is 16.8 Å². The van der Waals surface area contributed by atoms with Gasteiger partial charge in [-0.2, -0.15) is 18.3 Å². The van der Waals surface area contributed by atoms with Gasteiger partial charge in [0.05, 0.1) is 5.56 Å². The molecule has 1 aromatic carbocycles. The van der Waals surface area contributed by atoms with Crippen molar-refractivity contribution in [2.24, 2.45) is 9.98 Å². The molecule has 0 aliphatic carbocycles.